The highest BCUT2D eigenvalue weighted by atomic mass is 16.5. The second-order valence-corrected chi connectivity index (χ2v) is 7.10. The maximum absolute atomic E-state index is 12.1. The van der Waals surface area contributed by atoms with E-state index < -0.39 is 0 Å². The molecule has 2 saturated carbocycles. The summed E-state index contributed by atoms with van der Waals surface area (Å²) in [6.07, 6.45) is 8.18. The number of anilines is 1. The Kier molecular flexibility index (Phi) is 3.43. The average molecular weight is 340 g/mol. The van der Waals surface area contributed by atoms with Crippen LogP contribution in [-0.4, -0.2) is 38.6 Å². The minimum absolute atomic E-state index is 0.0306. The summed E-state index contributed by atoms with van der Waals surface area (Å²) in [5.74, 6) is 2.71. The van der Waals surface area contributed by atoms with E-state index in [0.29, 0.717) is 11.8 Å². The maximum atomic E-state index is 12.1. The van der Waals surface area contributed by atoms with Crippen molar-refractivity contribution in [2.24, 2.45) is 0 Å². The Balaban J connectivity index is 1.36. The minimum atomic E-state index is -0.250. The number of carbonyl (C=O) groups excluding carboxylic acids is 1. The SMILES string of the molecule is O=C(NC1CC1)c1noc([C@@H]2CCCN2c2ccnc(C3CC3)n2)n1. The summed E-state index contributed by atoms with van der Waals surface area (Å²) in [6.45, 7) is 0.887. The van der Waals surface area contributed by atoms with E-state index in [1.807, 2.05) is 12.3 Å². The van der Waals surface area contributed by atoms with E-state index in [9.17, 15) is 4.79 Å². The van der Waals surface area contributed by atoms with Gasteiger partial charge in [-0.1, -0.05) is 5.16 Å². The van der Waals surface area contributed by atoms with Crippen molar-refractivity contribution in [3.63, 3.8) is 0 Å². The third kappa shape index (κ3) is 2.96. The van der Waals surface area contributed by atoms with Gasteiger partial charge in [-0.3, -0.25) is 4.79 Å². The molecule has 1 amide bonds. The van der Waals surface area contributed by atoms with Crippen molar-refractivity contribution in [1.29, 1.82) is 0 Å². The van der Waals surface area contributed by atoms with Crippen LogP contribution in [0.15, 0.2) is 16.8 Å². The van der Waals surface area contributed by atoms with Gasteiger partial charge in [0, 0.05) is 24.7 Å². The van der Waals surface area contributed by atoms with Crippen LogP contribution in [-0.2, 0) is 0 Å². The van der Waals surface area contributed by atoms with E-state index in [0.717, 1.165) is 43.9 Å². The van der Waals surface area contributed by atoms with Gasteiger partial charge in [0.05, 0.1) is 0 Å². The van der Waals surface area contributed by atoms with Gasteiger partial charge in [0.25, 0.3) is 11.7 Å². The third-order valence-electron chi connectivity index (χ3n) is 4.99. The van der Waals surface area contributed by atoms with Crippen molar-refractivity contribution in [3.8, 4) is 0 Å². The topological polar surface area (TPSA) is 97.0 Å². The smallest absolute Gasteiger partial charge is 0.292 e. The lowest BCUT2D eigenvalue weighted by molar-refractivity contribution is 0.0937. The zero-order valence-corrected chi connectivity index (χ0v) is 13.9. The molecule has 5 rings (SSSR count). The van der Waals surface area contributed by atoms with E-state index >= 15 is 0 Å². The Hall–Kier alpha value is -2.51. The summed E-state index contributed by atoms with van der Waals surface area (Å²) < 4.78 is 5.41. The van der Waals surface area contributed by atoms with Crippen LogP contribution in [0.5, 0.6) is 0 Å². The molecule has 2 aliphatic carbocycles. The molecular weight excluding hydrogens is 320 g/mol. The summed E-state index contributed by atoms with van der Waals surface area (Å²) in [6, 6.07) is 2.18. The Morgan fingerprint density at radius 1 is 1.20 bits per heavy atom. The normalized spacial score (nSPS) is 23.0. The van der Waals surface area contributed by atoms with Gasteiger partial charge >= 0.3 is 0 Å². The van der Waals surface area contributed by atoms with E-state index in [1.54, 1.807) is 0 Å². The van der Waals surface area contributed by atoms with Crippen LogP contribution in [0.2, 0.25) is 0 Å². The zero-order chi connectivity index (χ0) is 16.8. The van der Waals surface area contributed by atoms with Crippen LogP contribution in [0.3, 0.4) is 0 Å². The number of rotatable bonds is 5. The van der Waals surface area contributed by atoms with Crippen LogP contribution in [0.4, 0.5) is 5.82 Å². The fraction of sp³-hybridized carbons (Fsp3) is 0.588. The van der Waals surface area contributed by atoms with Gasteiger partial charge in [0.2, 0.25) is 5.89 Å². The zero-order valence-electron chi connectivity index (χ0n) is 13.9. The molecule has 3 heterocycles. The Morgan fingerprint density at radius 2 is 2.08 bits per heavy atom. The molecule has 3 fully saturated rings. The summed E-state index contributed by atoms with van der Waals surface area (Å²) in [5, 5.41) is 6.75. The van der Waals surface area contributed by atoms with Crippen molar-refractivity contribution < 1.29 is 9.32 Å². The molecule has 0 bridgehead atoms. The molecule has 0 unspecified atom stereocenters. The van der Waals surface area contributed by atoms with Crippen molar-refractivity contribution in [3.05, 3.63) is 29.8 Å². The van der Waals surface area contributed by atoms with Crippen LogP contribution in [0.1, 0.15) is 72.8 Å². The number of carbonyl (C=O) groups is 1. The van der Waals surface area contributed by atoms with Gasteiger partial charge < -0.3 is 14.7 Å². The van der Waals surface area contributed by atoms with E-state index in [1.165, 1.54) is 12.8 Å². The van der Waals surface area contributed by atoms with Crippen molar-refractivity contribution in [2.45, 2.75) is 56.5 Å². The molecule has 2 aromatic heterocycles. The number of amides is 1. The number of nitrogens with one attached hydrogen (secondary N) is 1. The molecule has 1 atom stereocenters. The van der Waals surface area contributed by atoms with Gasteiger partial charge in [0.15, 0.2) is 0 Å². The Morgan fingerprint density at radius 3 is 2.88 bits per heavy atom. The lowest BCUT2D eigenvalue weighted by Gasteiger charge is -2.23. The largest absolute Gasteiger partial charge is 0.346 e. The van der Waals surface area contributed by atoms with Gasteiger partial charge in [0.1, 0.15) is 17.7 Å². The molecule has 1 aliphatic heterocycles. The number of nitrogens with zero attached hydrogens (tertiary/aromatic N) is 5. The first-order valence-electron chi connectivity index (χ1n) is 9.02. The molecule has 130 valence electrons. The maximum Gasteiger partial charge on any atom is 0.292 e. The fourth-order valence-electron chi connectivity index (χ4n) is 3.30. The highest BCUT2D eigenvalue weighted by Crippen LogP contribution is 2.40. The van der Waals surface area contributed by atoms with Gasteiger partial charge in [-0.05, 0) is 44.6 Å². The van der Waals surface area contributed by atoms with Crippen molar-refractivity contribution >= 4 is 11.7 Å². The second-order valence-electron chi connectivity index (χ2n) is 7.10. The summed E-state index contributed by atoms with van der Waals surface area (Å²) >= 11 is 0. The summed E-state index contributed by atoms with van der Waals surface area (Å²) in [7, 11) is 0. The van der Waals surface area contributed by atoms with E-state index in [-0.39, 0.29) is 23.8 Å². The molecule has 0 aromatic carbocycles. The lowest BCUT2D eigenvalue weighted by atomic mass is 10.2. The first-order chi connectivity index (χ1) is 12.3. The van der Waals surface area contributed by atoms with Gasteiger partial charge in [-0.25, -0.2) is 9.97 Å². The molecular formula is C17H20N6O2. The average Bonchev–Trinajstić information content (AvgIpc) is 3.54. The Bertz CT molecular complexity index is 798. The predicted molar refractivity (Wildman–Crippen MR) is 88.1 cm³/mol. The van der Waals surface area contributed by atoms with Crippen LogP contribution >= 0.6 is 0 Å². The summed E-state index contributed by atoms with van der Waals surface area (Å²) in [4.78, 5) is 27.7. The second kappa shape index (κ2) is 5.79. The highest BCUT2D eigenvalue weighted by Gasteiger charge is 2.34. The molecule has 25 heavy (non-hydrogen) atoms. The van der Waals surface area contributed by atoms with Crippen LogP contribution < -0.4 is 10.2 Å². The molecule has 0 radical (unpaired) electrons. The van der Waals surface area contributed by atoms with Crippen molar-refractivity contribution in [1.82, 2.24) is 25.4 Å². The highest BCUT2D eigenvalue weighted by molar-refractivity contribution is 5.90. The van der Waals surface area contributed by atoms with Gasteiger partial charge in [-0.2, -0.15) is 4.98 Å². The molecule has 1 N–H and O–H groups in total. The molecule has 0 spiro atoms. The standard InChI is InChI=1S/C17H20N6O2/c24-16(19-11-5-6-11)15-21-17(25-22-15)12-2-1-9-23(12)13-7-8-18-14(20-13)10-3-4-10/h7-8,10-12H,1-6,9H2,(H,19,24)/t12-/m0/s1. The number of aromatic nitrogens is 4. The van der Waals surface area contributed by atoms with Crippen molar-refractivity contribution in [2.75, 3.05) is 11.4 Å². The fourth-order valence-corrected chi connectivity index (χ4v) is 3.30. The summed E-state index contributed by atoms with van der Waals surface area (Å²) in [5.41, 5.74) is 0. The monoisotopic (exact) mass is 340 g/mol. The van der Waals surface area contributed by atoms with Crippen LogP contribution in [0, 0.1) is 0 Å². The van der Waals surface area contributed by atoms with Gasteiger partial charge in [-0.15, -0.1) is 0 Å². The first-order valence-corrected chi connectivity index (χ1v) is 9.02. The molecule has 8 nitrogen and oxygen atoms in total. The van der Waals surface area contributed by atoms with E-state index in [4.69, 9.17) is 9.51 Å². The third-order valence-corrected chi connectivity index (χ3v) is 4.99. The predicted octanol–water partition coefficient (Wildman–Crippen LogP) is 1.97. The molecule has 3 aliphatic rings. The van der Waals surface area contributed by atoms with E-state index in [2.05, 4.69) is 25.3 Å². The number of hydrogen-bond donors (Lipinski definition) is 1. The molecule has 2 aromatic rings. The lowest BCUT2D eigenvalue weighted by Crippen LogP contribution is -2.27. The first kappa shape index (κ1) is 14.8. The number of hydrogen-bond acceptors (Lipinski definition) is 7. The quantitative estimate of drug-likeness (QED) is 0.888. The Labute approximate surface area is 145 Å². The van der Waals surface area contributed by atoms with Crippen LogP contribution in [0.25, 0.3) is 0 Å². The minimum Gasteiger partial charge on any atom is -0.346 e. The molecule has 1 saturated heterocycles. The molecule has 8 heteroatoms.